The lowest BCUT2D eigenvalue weighted by molar-refractivity contribution is 0.251. The van der Waals surface area contributed by atoms with Crippen LogP contribution in [0.2, 0.25) is 5.02 Å². The number of anilines is 1. The molecule has 1 aromatic carbocycles. The second kappa shape index (κ2) is 6.81. The molecule has 20 heavy (non-hydrogen) atoms. The lowest BCUT2D eigenvalue weighted by atomic mass is 10.2. The van der Waals surface area contributed by atoms with Crippen molar-refractivity contribution in [2.75, 3.05) is 25.5 Å². The Morgan fingerprint density at radius 3 is 3.00 bits per heavy atom. The van der Waals surface area contributed by atoms with Gasteiger partial charge in [-0.2, -0.15) is 0 Å². The summed E-state index contributed by atoms with van der Waals surface area (Å²) in [6.45, 7) is 3.53. The molecule has 2 rings (SSSR count). The fourth-order valence-electron chi connectivity index (χ4n) is 2.24. The number of benzene rings is 1. The fourth-order valence-corrected chi connectivity index (χ4v) is 2.40. The van der Waals surface area contributed by atoms with Gasteiger partial charge in [0.05, 0.1) is 12.8 Å². The molecule has 0 saturated carbocycles. The Hall–Kier alpha value is -1.46. The van der Waals surface area contributed by atoms with E-state index in [1.807, 2.05) is 6.92 Å². The number of urea groups is 1. The zero-order valence-corrected chi connectivity index (χ0v) is 12.5. The van der Waals surface area contributed by atoms with E-state index in [2.05, 4.69) is 16.0 Å². The highest BCUT2D eigenvalue weighted by atomic mass is 35.5. The van der Waals surface area contributed by atoms with Crippen molar-refractivity contribution >= 4 is 23.3 Å². The summed E-state index contributed by atoms with van der Waals surface area (Å²) < 4.78 is 5.22. The number of hydrogen-bond donors (Lipinski definition) is 3. The third kappa shape index (κ3) is 3.77. The van der Waals surface area contributed by atoms with Crippen LogP contribution in [-0.4, -0.2) is 32.3 Å². The van der Waals surface area contributed by atoms with Crippen LogP contribution in [0, 0.1) is 6.92 Å². The molecule has 0 radical (unpaired) electrons. The van der Waals surface area contributed by atoms with Crippen LogP contribution in [-0.2, 0) is 0 Å². The Labute approximate surface area is 124 Å². The summed E-state index contributed by atoms with van der Waals surface area (Å²) in [5.74, 6) is 0.551. The van der Waals surface area contributed by atoms with Crippen LogP contribution >= 0.6 is 11.6 Å². The SMILES string of the molecule is COc1cc(Cl)c(C)cc1NC(=O)NCC1CCCN1. The molecule has 0 aliphatic carbocycles. The van der Waals surface area contributed by atoms with Gasteiger partial charge < -0.3 is 20.7 Å². The number of methoxy groups -OCH3 is 1. The van der Waals surface area contributed by atoms with E-state index in [1.54, 1.807) is 19.2 Å². The number of aryl methyl sites for hydroxylation is 1. The molecule has 0 aromatic heterocycles. The quantitative estimate of drug-likeness (QED) is 0.800. The maximum absolute atomic E-state index is 11.9. The van der Waals surface area contributed by atoms with Gasteiger partial charge in [0, 0.05) is 23.7 Å². The second-order valence-corrected chi connectivity index (χ2v) is 5.34. The summed E-state index contributed by atoms with van der Waals surface area (Å²) in [7, 11) is 1.55. The number of carbonyl (C=O) groups is 1. The number of carbonyl (C=O) groups excluding carboxylic acids is 1. The Morgan fingerprint density at radius 2 is 2.35 bits per heavy atom. The van der Waals surface area contributed by atoms with Gasteiger partial charge in [-0.1, -0.05) is 11.6 Å². The first-order valence-corrected chi connectivity index (χ1v) is 7.10. The Balaban J connectivity index is 1.94. The Morgan fingerprint density at radius 1 is 1.55 bits per heavy atom. The summed E-state index contributed by atoms with van der Waals surface area (Å²) in [5.41, 5.74) is 1.51. The van der Waals surface area contributed by atoms with Gasteiger partial charge in [-0.15, -0.1) is 0 Å². The molecular formula is C14H20ClN3O2. The zero-order chi connectivity index (χ0) is 14.5. The highest BCUT2D eigenvalue weighted by Crippen LogP contribution is 2.30. The predicted octanol–water partition coefficient (Wildman–Crippen LogP) is 2.53. The van der Waals surface area contributed by atoms with Crippen LogP contribution in [0.3, 0.4) is 0 Å². The van der Waals surface area contributed by atoms with Gasteiger partial charge in [0.2, 0.25) is 0 Å². The molecule has 5 nitrogen and oxygen atoms in total. The highest BCUT2D eigenvalue weighted by molar-refractivity contribution is 6.31. The molecule has 6 heteroatoms. The lowest BCUT2D eigenvalue weighted by Gasteiger charge is -2.15. The standard InChI is InChI=1S/C14H20ClN3O2/c1-9-6-12(13(20-2)7-11(9)15)18-14(19)17-8-10-4-3-5-16-10/h6-7,10,16H,3-5,8H2,1-2H3,(H2,17,18,19). The number of amides is 2. The number of hydrogen-bond acceptors (Lipinski definition) is 3. The van der Waals surface area contributed by atoms with E-state index in [0.29, 0.717) is 29.0 Å². The molecule has 110 valence electrons. The minimum Gasteiger partial charge on any atom is -0.495 e. The first-order chi connectivity index (χ1) is 9.60. The van der Waals surface area contributed by atoms with Crippen molar-refractivity contribution in [2.45, 2.75) is 25.8 Å². The highest BCUT2D eigenvalue weighted by Gasteiger charge is 2.15. The van der Waals surface area contributed by atoms with E-state index < -0.39 is 0 Å². The van der Waals surface area contributed by atoms with Gasteiger partial charge >= 0.3 is 6.03 Å². The second-order valence-electron chi connectivity index (χ2n) is 4.93. The first-order valence-electron chi connectivity index (χ1n) is 6.72. The average molecular weight is 298 g/mol. The molecule has 0 bridgehead atoms. The molecule has 1 aliphatic heterocycles. The van der Waals surface area contributed by atoms with Crippen LogP contribution in [0.1, 0.15) is 18.4 Å². The minimum atomic E-state index is -0.237. The van der Waals surface area contributed by atoms with Crippen LogP contribution in [0.25, 0.3) is 0 Å². The van der Waals surface area contributed by atoms with Crippen molar-refractivity contribution in [2.24, 2.45) is 0 Å². The van der Waals surface area contributed by atoms with Gasteiger partial charge in [0.1, 0.15) is 5.75 Å². The normalized spacial score (nSPS) is 17.9. The monoisotopic (exact) mass is 297 g/mol. The molecule has 3 N–H and O–H groups in total. The molecule has 1 unspecified atom stereocenters. The molecule has 1 atom stereocenters. The van der Waals surface area contributed by atoms with Crippen molar-refractivity contribution in [1.82, 2.24) is 10.6 Å². The van der Waals surface area contributed by atoms with E-state index in [-0.39, 0.29) is 6.03 Å². The van der Waals surface area contributed by atoms with E-state index in [4.69, 9.17) is 16.3 Å². The van der Waals surface area contributed by atoms with Crippen molar-refractivity contribution in [3.05, 3.63) is 22.7 Å². The van der Waals surface area contributed by atoms with Crippen LogP contribution in [0.5, 0.6) is 5.75 Å². The summed E-state index contributed by atoms with van der Waals surface area (Å²) in [5, 5.41) is 9.59. The van der Waals surface area contributed by atoms with E-state index >= 15 is 0 Å². The van der Waals surface area contributed by atoms with Crippen LogP contribution in [0.15, 0.2) is 12.1 Å². The third-order valence-electron chi connectivity index (χ3n) is 3.40. The lowest BCUT2D eigenvalue weighted by Crippen LogP contribution is -2.39. The Kier molecular flexibility index (Phi) is 5.09. The van der Waals surface area contributed by atoms with Gasteiger partial charge in [0.15, 0.2) is 0 Å². The predicted molar refractivity (Wildman–Crippen MR) is 80.8 cm³/mol. The average Bonchev–Trinajstić information content (AvgIpc) is 2.93. The fraction of sp³-hybridized carbons (Fsp3) is 0.500. The molecule has 0 spiro atoms. The van der Waals surface area contributed by atoms with Gasteiger partial charge in [0.25, 0.3) is 0 Å². The molecule has 1 heterocycles. The van der Waals surface area contributed by atoms with Crippen LogP contribution in [0.4, 0.5) is 10.5 Å². The molecule has 1 aliphatic rings. The number of halogens is 1. The number of rotatable bonds is 4. The maximum atomic E-state index is 11.9. The largest absolute Gasteiger partial charge is 0.495 e. The first kappa shape index (κ1) is 14.9. The smallest absolute Gasteiger partial charge is 0.319 e. The molecule has 1 fully saturated rings. The van der Waals surface area contributed by atoms with Gasteiger partial charge in [-0.25, -0.2) is 4.79 Å². The zero-order valence-electron chi connectivity index (χ0n) is 11.8. The van der Waals surface area contributed by atoms with Crippen molar-refractivity contribution in [3.63, 3.8) is 0 Å². The van der Waals surface area contributed by atoms with E-state index in [9.17, 15) is 4.79 Å². The van der Waals surface area contributed by atoms with Gasteiger partial charge in [-0.3, -0.25) is 0 Å². The third-order valence-corrected chi connectivity index (χ3v) is 3.81. The summed E-state index contributed by atoms with van der Waals surface area (Å²) in [4.78, 5) is 11.9. The topological polar surface area (TPSA) is 62.4 Å². The summed E-state index contributed by atoms with van der Waals surface area (Å²) >= 11 is 6.03. The number of nitrogens with one attached hydrogen (secondary N) is 3. The molecule has 1 saturated heterocycles. The minimum absolute atomic E-state index is 0.237. The van der Waals surface area contributed by atoms with Gasteiger partial charge in [-0.05, 0) is 37.9 Å². The summed E-state index contributed by atoms with van der Waals surface area (Å²) in [6.07, 6.45) is 2.27. The van der Waals surface area contributed by atoms with Crippen molar-refractivity contribution < 1.29 is 9.53 Å². The van der Waals surface area contributed by atoms with Crippen LogP contribution < -0.4 is 20.7 Å². The maximum Gasteiger partial charge on any atom is 0.319 e. The van der Waals surface area contributed by atoms with Crippen molar-refractivity contribution in [3.8, 4) is 5.75 Å². The molecular weight excluding hydrogens is 278 g/mol. The molecule has 1 aromatic rings. The number of ether oxygens (including phenoxy) is 1. The summed E-state index contributed by atoms with van der Waals surface area (Å²) in [6, 6.07) is 3.63. The van der Waals surface area contributed by atoms with E-state index in [0.717, 1.165) is 24.9 Å². The van der Waals surface area contributed by atoms with Crippen molar-refractivity contribution in [1.29, 1.82) is 0 Å². The van der Waals surface area contributed by atoms with E-state index in [1.165, 1.54) is 0 Å². The Bertz CT molecular complexity index is 488. The molecule has 2 amide bonds.